The molecular weight excluding hydrogens is 288 g/mol. The van der Waals surface area contributed by atoms with E-state index in [0.717, 1.165) is 31.4 Å². The maximum absolute atomic E-state index is 12.1. The SMILES string of the molecule is CCCn1c(N)c(NC2CCCC2SCC)c(=O)[nH]c1=O. The highest BCUT2D eigenvalue weighted by molar-refractivity contribution is 7.99. The quantitative estimate of drug-likeness (QED) is 0.742. The Kier molecular flexibility index (Phi) is 5.39. The van der Waals surface area contributed by atoms with Gasteiger partial charge in [-0.2, -0.15) is 11.8 Å². The normalized spacial score (nSPS) is 21.6. The second-order valence-electron chi connectivity index (χ2n) is 5.35. The van der Waals surface area contributed by atoms with E-state index in [4.69, 9.17) is 5.73 Å². The van der Waals surface area contributed by atoms with Crippen LogP contribution < -0.4 is 22.3 Å². The van der Waals surface area contributed by atoms with E-state index >= 15 is 0 Å². The van der Waals surface area contributed by atoms with Crippen molar-refractivity contribution in [2.24, 2.45) is 0 Å². The van der Waals surface area contributed by atoms with Gasteiger partial charge in [0, 0.05) is 17.8 Å². The Balaban J connectivity index is 2.29. The van der Waals surface area contributed by atoms with E-state index in [-0.39, 0.29) is 11.9 Å². The summed E-state index contributed by atoms with van der Waals surface area (Å²) in [6, 6.07) is 0.242. The van der Waals surface area contributed by atoms with Gasteiger partial charge in [-0.3, -0.25) is 14.3 Å². The predicted octanol–water partition coefficient (Wildman–Crippen LogP) is 1.61. The number of H-pyrrole nitrogens is 1. The van der Waals surface area contributed by atoms with Crippen molar-refractivity contribution in [2.75, 3.05) is 16.8 Å². The molecule has 1 heterocycles. The van der Waals surface area contributed by atoms with Crippen molar-refractivity contribution in [1.82, 2.24) is 9.55 Å². The molecule has 1 aliphatic carbocycles. The third-order valence-electron chi connectivity index (χ3n) is 3.85. The summed E-state index contributed by atoms with van der Waals surface area (Å²) in [5.74, 6) is 1.31. The molecule has 1 saturated carbocycles. The van der Waals surface area contributed by atoms with Crippen LogP contribution in [0.2, 0.25) is 0 Å². The number of nitrogen functional groups attached to an aromatic ring is 1. The van der Waals surface area contributed by atoms with Gasteiger partial charge < -0.3 is 11.1 Å². The summed E-state index contributed by atoms with van der Waals surface area (Å²) in [6.07, 6.45) is 4.13. The average molecular weight is 312 g/mol. The number of hydrogen-bond donors (Lipinski definition) is 3. The van der Waals surface area contributed by atoms with E-state index in [9.17, 15) is 9.59 Å². The summed E-state index contributed by atoms with van der Waals surface area (Å²) in [5.41, 5.74) is 5.53. The Hall–Kier alpha value is -1.37. The molecule has 1 fully saturated rings. The molecule has 7 heteroatoms. The molecule has 2 atom stereocenters. The van der Waals surface area contributed by atoms with E-state index in [2.05, 4.69) is 17.2 Å². The fourth-order valence-corrected chi connectivity index (χ4v) is 4.06. The molecule has 6 nitrogen and oxygen atoms in total. The smallest absolute Gasteiger partial charge is 0.330 e. The van der Waals surface area contributed by atoms with Crippen molar-refractivity contribution in [3.8, 4) is 0 Å². The fourth-order valence-electron chi connectivity index (χ4n) is 2.86. The minimum Gasteiger partial charge on any atom is -0.383 e. The molecule has 0 spiro atoms. The van der Waals surface area contributed by atoms with Crippen LogP contribution in [0, 0.1) is 0 Å². The topological polar surface area (TPSA) is 92.9 Å². The highest BCUT2D eigenvalue weighted by Gasteiger charge is 2.28. The summed E-state index contributed by atoms with van der Waals surface area (Å²) in [5, 5.41) is 3.79. The van der Waals surface area contributed by atoms with Gasteiger partial charge in [0.05, 0.1) is 0 Å². The number of nitrogens with two attached hydrogens (primary N) is 1. The number of aromatic amines is 1. The second kappa shape index (κ2) is 7.06. The van der Waals surface area contributed by atoms with Gasteiger partial charge in [-0.25, -0.2) is 4.79 Å². The van der Waals surface area contributed by atoms with Gasteiger partial charge in [-0.15, -0.1) is 0 Å². The Bertz CT molecular complexity index is 596. The lowest BCUT2D eigenvalue weighted by Gasteiger charge is -2.22. The molecule has 1 aliphatic rings. The van der Waals surface area contributed by atoms with Crippen molar-refractivity contribution in [3.63, 3.8) is 0 Å². The largest absolute Gasteiger partial charge is 0.383 e. The number of anilines is 2. The lowest BCUT2D eigenvalue weighted by molar-refractivity contribution is 0.640. The Labute approximate surface area is 128 Å². The Morgan fingerprint density at radius 3 is 2.81 bits per heavy atom. The van der Waals surface area contributed by atoms with Crippen LogP contribution in [0.1, 0.15) is 39.5 Å². The number of nitrogens with one attached hydrogen (secondary N) is 2. The van der Waals surface area contributed by atoms with Crippen molar-refractivity contribution >= 4 is 23.3 Å². The number of rotatable bonds is 6. The lowest BCUT2D eigenvalue weighted by Crippen LogP contribution is -2.37. The molecule has 1 aromatic heterocycles. The van der Waals surface area contributed by atoms with Gasteiger partial charge in [-0.1, -0.05) is 20.3 Å². The van der Waals surface area contributed by atoms with Gasteiger partial charge in [0.25, 0.3) is 5.56 Å². The molecule has 1 aromatic rings. The van der Waals surface area contributed by atoms with E-state index in [1.807, 2.05) is 18.7 Å². The van der Waals surface area contributed by atoms with Crippen molar-refractivity contribution < 1.29 is 0 Å². The van der Waals surface area contributed by atoms with Crippen LogP contribution in [-0.4, -0.2) is 26.6 Å². The third-order valence-corrected chi connectivity index (χ3v) is 5.18. The zero-order valence-corrected chi connectivity index (χ0v) is 13.5. The van der Waals surface area contributed by atoms with Crippen molar-refractivity contribution in [3.05, 3.63) is 20.8 Å². The van der Waals surface area contributed by atoms with Crippen LogP contribution in [0.4, 0.5) is 11.5 Å². The first-order chi connectivity index (χ1) is 10.1. The van der Waals surface area contributed by atoms with Crippen LogP contribution in [0.15, 0.2) is 9.59 Å². The Morgan fingerprint density at radius 2 is 2.14 bits per heavy atom. The summed E-state index contributed by atoms with van der Waals surface area (Å²) in [4.78, 5) is 26.2. The molecular formula is C14H24N4O2S. The Morgan fingerprint density at radius 1 is 1.38 bits per heavy atom. The van der Waals surface area contributed by atoms with Crippen LogP contribution in [-0.2, 0) is 6.54 Å². The fraction of sp³-hybridized carbons (Fsp3) is 0.714. The van der Waals surface area contributed by atoms with Gasteiger partial charge in [0.2, 0.25) is 0 Å². The predicted molar refractivity (Wildman–Crippen MR) is 89.2 cm³/mol. The molecule has 2 unspecified atom stereocenters. The van der Waals surface area contributed by atoms with Crippen LogP contribution >= 0.6 is 11.8 Å². The van der Waals surface area contributed by atoms with Crippen LogP contribution in [0.3, 0.4) is 0 Å². The molecule has 4 N–H and O–H groups in total. The van der Waals surface area contributed by atoms with Gasteiger partial charge in [-0.05, 0) is 25.0 Å². The second-order valence-corrected chi connectivity index (χ2v) is 6.86. The first-order valence-corrected chi connectivity index (χ1v) is 8.64. The van der Waals surface area contributed by atoms with E-state index in [0.29, 0.717) is 17.5 Å². The highest BCUT2D eigenvalue weighted by atomic mass is 32.2. The standard InChI is InChI=1S/C14H24N4O2S/c1-3-8-18-12(15)11(13(19)17-14(18)20)16-9-6-5-7-10(9)21-4-2/h9-10,16H,3-8,15H2,1-2H3,(H,17,19,20). The first kappa shape index (κ1) is 16.0. The van der Waals surface area contributed by atoms with Crippen LogP contribution in [0.5, 0.6) is 0 Å². The van der Waals surface area contributed by atoms with Gasteiger partial charge in [0.15, 0.2) is 0 Å². The molecule has 0 saturated heterocycles. The summed E-state index contributed by atoms with van der Waals surface area (Å²) in [7, 11) is 0. The van der Waals surface area contributed by atoms with Crippen molar-refractivity contribution in [2.45, 2.75) is 57.4 Å². The first-order valence-electron chi connectivity index (χ1n) is 7.59. The minimum atomic E-state index is -0.434. The van der Waals surface area contributed by atoms with Crippen LogP contribution in [0.25, 0.3) is 0 Å². The van der Waals surface area contributed by atoms with Crippen molar-refractivity contribution in [1.29, 1.82) is 0 Å². The summed E-state index contributed by atoms with van der Waals surface area (Å²) >= 11 is 1.91. The molecule has 21 heavy (non-hydrogen) atoms. The third kappa shape index (κ3) is 3.45. The zero-order chi connectivity index (χ0) is 15.4. The molecule has 118 valence electrons. The monoisotopic (exact) mass is 312 g/mol. The molecule has 0 aliphatic heterocycles. The summed E-state index contributed by atoms with van der Waals surface area (Å²) in [6.45, 7) is 4.62. The van der Waals surface area contributed by atoms with E-state index < -0.39 is 11.2 Å². The van der Waals surface area contributed by atoms with Gasteiger partial charge >= 0.3 is 5.69 Å². The number of nitrogens with zero attached hydrogens (tertiary/aromatic N) is 1. The zero-order valence-electron chi connectivity index (χ0n) is 12.6. The maximum atomic E-state index is 12.1. The van der Waals surface area contributed by atoms with Gasteiger partial charge in [0.1, 0.15) is 11.5 Å². The minimum absolute atomic E-state index is 0.242. The number of hydrogen-bond acceptors (Lipinski definition) is 5. The molecule has 0 bridgehead atoms. The molecule has 0 radical (unpaired) electrons. The average Bonchev–Trinajstić information content (AvgIpc) is 2.87. The number of aromatic nitrogens is 2. The maximum Gasteiger partial charge on any atom is 0.330 e. The number of thioether (sulfide) groups is 1. The summed E-state index contributed by atoms with van der Waals surface area (Å²) < 4.78 is 1.43. The molecule has 0 aromatic carbocycles. The molecule has 2 rings (SSSR count). The highest BCUT2D eigenvalue weighted by Crippen LogP contribution is 2.32. The van der Waals surface area contributed by atoms with E-state index in [1.54, 1.807) is 0 Å². The van der Waals surface area contributed by atoms with E-state index in [1.165, 1.54) is 4.57 Å². The molecule has 0 amide bonds. The lowest BCUT2D eigenvalue weighted by atomic mass is 10.2.